The van der Waals surface area contributed by atoms with Crippen LogP contribution in [-0.4, -0.2) is 27.7 Å². The third-order valence-corrected chi connectivity index (χ3v) is 3.17. The molecule has 0 saturated carbocycles. The highest BCUT2D eigenvalue weighted by atomic mass is 15.3. The highest BCUT2D eigenvalue weighted by Gasteiger charge is 2.16. The monoisotopic (exact) mass is 217 g/mol. The van der Waals surface area contributed by atoms with Crippen LogP contribution in [0.25, 0.3) is 5.65 Å². The topological polar surface area (TPSA) is 59.5 Å². The van der Waals surface area contributed by atoms with Crippen LogP contribution in [0.2, 0.25) is 0 Å². The maximum atomic E-state index is 5.61. The maximum Gasteiger partial charge on any atom is 0.240 e. The van der Waals surface area contributed by atoms with Crippen LogP contribution in [0.15, 0.2) is 12.1 Å². The smallest absolute Gasteiger partial charge is 0.240 e. The van der Waals surface area contributed by atoms with Gasteiger partial charge in [0.25, 0.3) is 0 Å². The molecule has 0 spiro atoms. The number of nitrogens with zero attached hydrogens (tertiary/aromatic N) is 4. The first-order valence-corrected chi connectivity index (χ1v) is 5.62. The molecule has 5 nitrogen and oxygen atoms in total. The highest BCUT2D eigenvalue weighted by molar-refractivity contribution is 5.57. The van der Waals surface area contributed by atoms with Crippen molar-refractivity contribution >= 4 is 17.3 Å². The number of aryl methyl sites for hydroxylation is 1. The van der Waals surface area contributed by atoms with Gasteiger partial charge in [-0.15, -0.1) is 5.10 Å². The van der Waals surface area contributed by atoms with Crippen LogP contribution in [-0.2, 0) is 0 Å². The number of hydrogen-bond donors (Lipinski definition) is 1. The third kappa shape index (κ3) is 1.31. The summed E-state index contributed by atoms with van der Waals surface area (Å²) in [6.07, 6.45) is 2.55. The molecule has 0 amide bonds. The van der Waals surface area contributed by atoms with Gasteiger partial charge >= 0.3 is 0 Å². The Morgan fingerprint density at radius 2 is 2.00 bits per heavy atom. The minimum absolute atomic E-state index is 0.335. The second kappa shape index (κ2) is 3.37. The zero-order chi connectivity index (χ0) is 11.1. The van der Waals surface area contributed by atoms with E-state index in [2.05, 4.69) is 28.0 Å². The van der Waals surface area contributed by atoms with Crippen molar-refractivity contribution in [2.75, 3.05) is 23.7 Å². The number of pyridine rings is 1. The molecule has 0 radical (unpaired) electrons. The van der Waals surface area contributed by atoms with Gasteiger partial charge in [-0.05, 0) is 31.9 Å². The first-order valence-electron chi connectivity index (χ1n) is 5.62. The van der Waals surface area contributed by atoms with Gasteiger partial charge < -0.3 is 10.6 Å². The number of hydrogen-bond acceptors (Lipinski definition) is 4. The van der Waals surface area contributed by atoms with Crippen molar-refractivity contribution in [3.63, 3.8) is 0 Å². The molecule has 1 fully saturated rings. The molecule has 5 heteroatoms. The number of nitrogen functional groups attached to an aromatic ring is 1. The normalized spacial score (nSPS) is 16.2. The van der Waals surface area contributed by atoms with Gasteiger partial charge in [0.15, 0.2) is 5.65 Å². The van der Waals surface area contributed by atoms with Crippen LogP contribution in [0.5, 0.6) is 0 Å². The molecule has 0 atom stereocenters. The lowest BCUT2D eigenvalue weighted by molar-refractivity contribution is 0.883. The van der Waals surface area contributed by atoms with Gasteiger partial charge in [-0.3, -0.25) is 0 Å². The molecule has 2 aromatic heterocycles. The summed E-state index contributed by atoms with van der Waals surface area (Å²) in [4.78, 5) is 6.55. The van der Waals surface area contributed by atoms with Crippen molar-refractivity contribution in [3.05, 3.63) is 17.8 Å². The Kier molecular flexibility index (Phi) is 1.99. The van der Waals surface area contributed by atoms with Gasteiger partial charge in [0.05, 0.1) is 11.4 Å². The van der Waals surface area contributed by atoms with Crippen molar-refractivity contribution < 1.29 is 0 Å². The molecule has 1 aliphatic rings. The molecule has 16 heavy (non-hydrogen) atoms. The molecule has 1 aliphatic heterocycles. The largest absolute Gasteiger partial charge is 0.370 e. The summed E-state index contributed by atoms with van der Waals surface area (Å²) in [7, 11) is 0. The van der Waals surface area contributed by atoms with Crippen LogP contribution < -0.4 is 10.6 Å². The molecule has 2 aromatic rings. The predicted octanol–water partition coefficient (Wildman–Crippen LogP) is 1.22. The van der Waals surface area contributed by atoms with E-state index in [-0.39, 0.29) is 0 Å². The zero-order valence-electron chi connectivity index (χ0n) is 9.35. The SMILES string of the molecule is Cc1c(N2CCCC2)ccc2nc(N)nn12. The quantitative estimate of drug-likeness (QED) is 0.780. The Balaban J connectivity index is 2.14. The van der Waals surface area contributed by atoms with Gasteiger partial charge in [-0.1, -0.05) is 0 Å². The molecule has 0 unspecified atom stereocenters. The van der Waals surface area contributed by atoms with E-state index in [1.807, 2.05) is 10.6 Å². The number of rotatable bonds is 1. The molecule has 3 heterocycles. The number of anilines is 2. The minimum atomic E-state index is 0.335. The summed E-state index contributed by atoms with van der Waals surface area (Å²) < 4.78 is 1.82. The van der Waals surface area contributed by atoms with Gasteiger partial charge in [-0.2, -0.15) is 4.98 Å². The van der Waals surface area contributed by atoms with Crippen LogP contribution in [0.4, 0.5) is 11.6 Å². The maximum absolute atomic E-state index is 5.61. The molecule has 0 aromatic carbocycles. The molecular weight excluding hydrogens is 202 g/mol. The van der Waals surface area contributed by atoms with Crippen molar-refractivity contribution in [1.29, 1.82) is 0 Å². The van der Waals surface area contributed by atoms with E-state index in [0.717, 1.165) is 24.4 Å². The number of fused-ring (bicyclic) bond motifs is 1. The molecule has 0 bridgehead atoms. The fourth-order valence-electron chi connectivity index (χ4n) is 2.37. The Morgan fingerprint density at radius 3 is 2.75 bits per heavy atom. The van der Waals surface area contributed by atoms with E-state index in [4.69, 9.17) is 5.73 Å². The Morgan fingerprint density at radius 1 is 1.25 bits per heavy atom. The molecule has 3 rings (SSSR count). The van der Waals surface area contributed by atoms with E-state index in [0.29, 0.717) is 5.95 Å². The van der Waals surface area contributed by atoms with Crippen molar-refractivity contribution in [1.82, 2.24) is 14.6 Å². The minimum Gasteiger partial charge on any atom is -0.370 e. The van der Waals surface area contributed by atoms with Gasteiger partial charge in [0.2, 0.25) is 5.95 Å². The second-order valence-electron chi connectivity index (χ2n) is 4.24. The number of aromatic nitrogens is 3. The van der Waals surface area contributed by atoms with Crippen LogP contribution in [0, 0.1) is 6.92 Å². The Bertz CT molecular complexity index is 524. The van der Waals surface area contributed by atoms with E-state index in [1.54, 1.807) is 0 Å². The van der Waals surface area contributed by atoms with E-state index in [1.165, 1.54) is 18.5 Å². The fourth-order valence-corrected chi connectivity index (χ4v) is 2.37. The van der Waals surface area contributed by atoms with Crippen molar-refractivity contribution in [2.45, 2.75) is 19.8 Å². The van der Waals surface area contributed by atoms with Crippen molar-refractivity contribution in [3.8, 4) is 0 Å². The van der Waals surface area contributed by atoms with Crippen molar-refractivity contribution in [2.24, 2.45) is 0 Å². The first kappa shape index (κ1) is 9.45. The molecule has 0 aliphatic carbocycles. The molecular formula is C11H15N5. The van der Waals surface area contributed by atoms with Gasteiger partial charge in [0, 0.05) is 13.1 Å². The second-order valence-corrected chi connectivity index (χ2v) is 4.24. The summed E-state index contributed by atoms with van der Waals surface area (Å²) in [6.45, 7) is 4.34. The average Bonchev–Trinajstić information content (AvgIpc) is 2.86. The lowest BCUT2D eigenvalue weighted by Crippen LogP contribution is -2.19. The Labute approximate surface area is 93.9 Å². The summed E-state index contributed by atoms with van der Waals surface area (Å²) in [6, 6.07) is 4.09. The van der Waals surface area contributed by atoms with Gasteiger partial charge in [-0.25, -0.2) is 4.52 Å². The highest BCUT2D eigenvalue weighted by Crippen LogP contribution is 2.24. The van der Waals surface area contributed by atoms with E-state index >= 15 is 0 Å². The summed E-state index contributed by atoms with van der Waals surface area (Å²) in [5.74, 6) is 0.335. The van der Waals surface area contributed by atoms with Crippen LogP contribution in [0.3, 0.4) is 0 Å². The molecule has 2 N–H and O–H groups in total. The fraction of sp³-hybridized carbons (Fsp3) is 0.455. The van der Waals surface area contributed by atoms with Crippen LogP contribution >= 0.6 is 0 Å². The van der Waals surface area contributed by atoms with Crippen LogP contribution in [0.1, 0.15) is 18.5 Å². The zero-order valence-corrected chi connectivity index (χ0v) is 9.35. The molecule has 84 valence electrons. The van der Waals surface area contributed by atoms with Gasteiger partial charge in [0.1, 0.15) is 0 Å². The lowest BCUT2D eigenvalue weighted by Gasteiger charge is -2.19. The first-order chi connectivity index (χ1) is 7.75. The summed E-state index contributed by atoms with van der Waals surface area (Å²) in [5, 5.41) is 4.20. The van der Waals surface area contributed by atoms with E-state index in [9.17, 15) is 0 Å². The summed E-state index contributed by atoms with van der Waals surface area (Å²) in [5.41, 5.74) is 8.78. The van der Waals surface area contributed by atoms with E-state index < -0.39 is 0 Å². The third-order valence-electron chi connectivity index (χ3n) is 3.17. The molecule has 1 saturated heterocycles. The standard InChI is InChI=1S/C11H15N5/c1-8-9(15-6-2-3-7-15)4-5-10-13-11(12)14-16(8)10/h4-5H,2-3,6-7H2,1H3,(H2,12,14). The predicted molar refractivity (Wildman–Crippen MR) is 63.6 cm³/mol. The summed E-state index contributed by atoms with van der Waals surface area (Å²) >= 11 is 0. The number of nitrogens with two attached hydrogens (primary N) is 1. The average molecular weight is 217 g/mol. The lowest BCUT2D eigenvalue weighted by atomic mass is 10.3. The Hall–Kier alpha value is -1.78.